The van der Waals surface area contributed by atoms with Gasteiger partial charge in [0.2, 0.25) is 11.8 Å². The summed E-state index contributed by atoms with van der Waals surface area (Å²) in [5, 5.41) is 4.97. The van der Waals surface area contributed by atoms with Gasteiger partial charge in [-0.3, -0.25) is 9.59 Å². The van der Waals surface area contributed by atoms with Crippen molar-refractivity contribution in [3.8, 4) is 0 Å². The van der Waals surface area contributed by atoms with Crippen LogP contribution >= 0.6 is 11.3 Å². The zero-order valence-electron chi connectivity index (χ0n) is 13.2. The van der Waals surface area contributed by atoms with Crippen molar-refractivity contribution in [2.24, 2.45) is 5.92 Å². The van der Waals surface area contributed by atoms with Gasteiger partial charge in [-0.15, -0.1) is 11.3 Å². The zero-order valence-corrected chi connectivity index (χ0v) is 14.0. The minimum Gasteiger partial charge on any atom is -0.382 e. The van der Waals surface area contributed by atoms with E-state index >= 15 is 0 Å². The van der Waals surface area contributed by atoms with Gasteiger partial charge in [0, 0.05) is 38.1 Å². The smallest absolute Gasteiger partial charge is 0.225 e. The molecule has 122 valence electrons. The highest BCUT2D eigenvalue weighted by molar-refractivity contribution is 7.10. The Morgan fingerprint density at radius 1 is 1.55 bits per heavy atom. The Hall–Kier alpha value is -1.40. The van der Waals surface area contributed by atoms with Gasteiger partial charge >= 0.3 is 0 Å². The fraction of sp³-hybridized carbons (Fsp3) is 0.625. The van der Waals surface area contributed by atoms with Crippen LogP contribution in [0.15, 0.2) is 17.5 Å². The number of nitrogens with one attached hydrogen (secondary N) is 1. The minimum atomic E-state index is -0.173. The molecule has 2 amide bonds. The van der Waals surface area contributed by atoms with Crippen LogP contribution in [0.2, 0.25) is 0 Å². The molecule has 0 radical (unpaired) electrons. The van der Waals surface area contributed by atoms with E-state index < -0.39 is 0 Å². The number of hydrogen-bond acceptors (Lipinski definition) is 4. The van der Waals surface area contributed by atoms with E-state index in [0.717, 1.165) is 11.3 Å². The highest BCUT2D eigenvalue weighted by Crippen LogP contribution is 2.37. The van der Waals surface area contributed by atoms with E-state index in [1.165, 1.54) is 0 Å². The van der Waals surface area contributed by atoms with Gasteiger partial charge in [-0.05, 0) is 31.2 Å². The summed E-state index contributed by atoms with van der Waals surface area (Å²) in [4.78, 5) is 27.3. The summed E-state index contributed by atoms with van der Waals surface area (Å²) in [6.07, 6.45) is 1.86. The molecular weight excluding hydrogens is 300 g/mol. The molecule has 1 saturated heterocycles. The number of likely N-dealkylation sites (tertiary alicyclic amines) is 1. The second-order valence-corrected chi connectivity index (χ2v) is 6.43. The first-order chi connectivity index (χ1) is 10.6. The molecule has 0 spiro atoms. The van der Waals surface area contributed by atoms with Crippen LogP contribution in [-0.2, 0) is 14.3 Å². The van der Waals surface area contributed by atoms with Gasteiger partial charge in [0.1, 0.15) is 0 Å². The predicted molar refractivity (Wildman–Crippen MR) is 86.7 cm³/mol. The SMILES string of the molecule is CCOCCCNC(=O)C1CCC(=O)N(C)C1c1cccs1. The second kappa shape index (κ2) is 8.29. The van der Waals surface area contributed by atoms with Crippen molar-refractivity contribution >= 4 is 23.2 Å². The molecule has 1 aliphatic rings. The molecule has 6 heteroatoms. The molecule has 1 aromatic heterocycles. The lowest BCUT2D eigenvalue weighted by Crippen LogP contribution is -2.46. The number of ether oxygens (including phenoxy) is 1. The van der Waals surface area contributed by atoms with E-state index in [-0.39, 0.29) is 23.8 Å². The lowest BCUT2D eigenvalue weighted by Gasteiger charge is -2.37. The van der Waals surface area contributed by atoms with Crippen LogP contribution in [0.5, 0.6) is 0 Å². The third-order valence-corrected chi connectivity index (χ3v) is 4.94. The molecule has 1 fully saturated rings. The van der Waals surface area contributed by atoms with Crippen molar-refractivity contribution in [1.82, 2.24) is 10.2 Å². The summed E-state index contributed by atoms with van der Waals surface area (Å²) in [6.45, 7) is 3.93. The van der Waals surface area contributed by atoms with Crippen molar-refractivity contribution in [1.29, 1.82) is 0 Å². The van der Waals surface area contributed by atoms with Gasteiger partial charge in [-0.25, -0.2) is 0 Å². The van der Waals surface area contributed by atoms with Crippen molar-refractivity contribution < 1.29 is 14.3 Å². The Kier molecular flexibility index (Phi) is 6.39. The molecule has 2 heterocycles. The van der Waals surface area contributed by atoms with Crippen LogP contribution in [0.3, 0.4) is 0 Å². The predicted octanol–water partition coefficient (Wildman–Crippen LogP) is 2.20. The average Bonchev–Trinajstić information content (AvgIpc) is 3.03. The fourth-order valence-corrected chi connectivity index (χ4v) is 3.76. The van der Waals surface area contributed by atoms with Crippen LogP contribution in [0.4, 0.5) is 0 Å². The number of thiophene rings is 1. The van der Waals surface area contributed by atoms with Gasteiger partial charge in [0.15, 0.2) is 0 Å². The number of carbonyl (C=O) groups is 2. The quantitative estimate of drug-likeness (QED) is 0.782. The maximum Gasteiger partial charge on any atom is 0.225 e. The Morgan fingerprint density at radius 3 is 3.05 bits per heavy atom. The van der Waals surface area contributed by atoms with E-state index in [2.05, 4.69) is 5.32 Å². The number of piperidine rings is 1. The minimum absolute atomic E-state index is 0.0363. The Labute approximate surface area is 135 Å². The van der Waals surface area contributed by atoms with Crippen LogP contribution in [0.25, 0.3) is 0 Å². The number of rotatable bonds is 7. The number of nitrogens with zero attached hydrogens (tertiary/aromatic N) is 1. The summed E-state index contributed by atoms with van der Waals surface area (Å²) >= 11 is 1.60. The molecule has 2 atom stereocenters. The van der Waals surface area contributed by atoms with Gasteiger partial charge < -0.3 is 15.0 Å². The third kappa shape index (κ3) is 4.08. The summed E-state index contributed by atoms with van der Waals surface area (Å²) < 4.78 is 5.27. The normalized spacial score (nSPS) is 21.9. The average molecular weight is 324 g/mol. The first-order valence-electron chi connectivity index (χ1n) is 7.79. The molecule has 2 rings (SSSR count). The van der Waals surface area contributed by atoms with E-state index in [0.29, 0.717) is 32.6 Å². The molecule has 0 aromatic carbocycles. The third-order valence-electron chi connectivity index (χ3n) is 4.00. The van der Waals surface area contributed by atoms with E-state index in [4.69, 9.17) is 4.74 Å². The maximum absolute atomic E-state index is 12.5. The van der Waals surface area contributed by atoms with Crippen molar-refractivity contribution in [2.75, 3.05) is 26.8 Å². The molecule has 2 unspecified atom stereocenters. The molecule has 1 aliphatic heterocycles. The van der Waals surface area contributed by atoms with E-state index in [1.54, 1.807) is 23.3 Å². The first-order valence-corrected chi connectivity index (χ1v) is 8.67. The lowest BCUT2D eigenvalue weighted by molar-refractivity contribution is -0.141. The lowest BCUT2D eigenvalue weighted by atomic mass is 9.87. The summed E-state index contributed by atoms with van der Waals surface area (Å²) in [6, 6.07) is 3.82. The molecule has 22 heavy (non-hydrogen) atoms. The molecule has 0 saturated carbocycles. The van der Waals surface area contributed by atoms with Gasteiger partial charge in [0.05, 0.1) is 12.0 Å². The van der Waals surface area contributed by atoms with Crippen molar-refractivity contribution in [2.45, 2.75) is 32.2 Å². The number of carbonyl (C=O) groups excluding carboxylic acids is 2. The number of amides is 2. The van der Waals surface area contributed by atoms with Crippen LogP contribution in [0.1, 0.15) is 37.1 Å². The number of hydrogen-bond donors (Lipinski definition) is 1. The summed E-state index contributed by atoms with van der Waals surface area (Å²) in [5.74, 6) is -0.0264. The van der Waals surface area contributed by atoms with Crippen LogP contribution < -0.4 is 5.32 Å². The van der Waals surface area contributed by atoms with Crippen LogP contribution in [-0.4, -0.2) is 43.5 Å². The largest absolute Gasteiger partial charge is 0.382 e. The highest BCUT2D eigenvalue weighted by atomic mass is 32.1. The monoisotopic (exact) mass is 324 g/mol. The fourth-order valence-electron chi connectivity index (χ4n) is 2.82. The van der Waals surface area contributed by atoms with E-state index in [1.807, 2.05) is 24.4 Å². The second-order valence-electron chi connectivity index (χ2n) is 5.45. The van der Waals surface area contributed by atoms with Crippen molar-refractivity contribution in [3.63, 3.8) is 0 Å². The highest BCUT2D eigenvalue weighted by Gasteiger charge is 2.39. The molecule has 0 aliphatic carbocycles. The first kappa shape index (κ1) is 17.0. The topological polar surface area (TPSA) is 58.6 Å². The van der Waals surface area contributed by atoms with Crippen LogP contribution in [0, 0.1) is 5.92 Å². The Bertz CT molecular complexity index is 490. The maximum atomic E-state index is 12.5. The van der Waals surface area contributed by atoms with Gasteiger partial charge in [-0.2, -0.15) is 0 Å². The molecule has 1 aromatic rings. The Morgan fingerprint density at radius 2 is 2.36 bits per heavy atom. The van der Waals surface area contributed by atoms with Gasteiger partial charge in [-0.1, -0.05) is 6.07 Å². The molecular formula is C16H24N2O3S. The van der Waals surface area contributed by atoms with E-state index in [9.17, 15) is 9.59 Å². The summed E-state index contributed by atoms with van der Waals surface area (Å²) in [7, 11) is 1.79. The molecule has 1 N–H and O–H groups in total. The zero-order chi connectivity index (χ0) is 15.9. The standard InChI is InChI=1S/C16H24N2O3S/c1-3-21-10-5-9-17-16(20)12-7-8-14(19)18(2)15(12)13-6-4-11-22-13/h4,6,11-12,15H,3,5,7-10H2,1-2H3,(H,17,20). The Balaban J connectivity index is 1.97. The van der Waals surface area contributed by atoms with Crippen molar-refractivity contribution in [3.05, 3.63) is 22.4 Å². The summed E-state index contributed by atoms with van der Waals surface area (Å²) in [5.41, 5.74) is 0. The molecule has 5 nitrogen and oxygen atoms in total. The molecule has 0 bridgehead atoms. The van der Waals surface area contributed by atoms with Gasteiger partial charge in [0.25, 0.3) is 0 Å².